The lowest BCUT2D eigenvalue weighted by Crippen LogP contribution is -2.39. The van der Waals surface area contributed by atoms with Gasteiger partial charge >= 0.3 is 0 Å². The molecule has 4 rings (SSSR count). The Morgan fingerprint density at radius 3 is 2.86 bits per heavy atom. The van der Waals surface area contributed by atoms with Crippen LogP contribution in [0.15, 0.2) is 29.3 Å². The van der Waals surface area contributed by atoms with Gasteiger partial charge in [0, 0.05) is 31.1 Å². The van der Waals surface area contributed by atoms with E-state index in [-0.39, 0.29) is 23.3 Å². The van der Waals surface area contributed by atoms with Crippen molar-refractivity contribution in [3.05, 3.63) is 41.2 Å². The number of fused-ring (bicyclic) bond motifs is 1. The molecule has 0 aliphatic carbocycles. The van der Waals surface area contributed by atoms with Gasteiger partial charge in [-0.3, -0.25) is 14.7 Å². The Bertz CT molecular complexity index is 1060. The minimum absolute atomic E-state index is 0.0527. The summed E-state index contributed by atoms with van der Waals surface area (Å²) in [5.41, 5.74) is 7.79. The topological polar surface area (TPSA) is 138 Å². The number of benzene rings is 1. The van der Waals surface area contributed by atoms with Gasteiger partial charge in [-0.1, -0.05) is 0 Å². The second-order valence-electron chi connectivity index (χ2n) is 7.48. The Hall–Kier alpha value is -2.72. The maximum atomic E-state index is 13.3. The number of piperidine rings is 1. The van der Waals surface area contributed by atoms with E-state index in [0.717, 1.165) is 12.0 Å². The molecule has 0 saturated carbocycles. The predicted octanol–water partition coefficient (Wildman–Crippen LogP) is 1.35. The second-order valence-corrected chi connectivity index (χ2v) is 9.42. The van der Waals surface area contributed by atoms with Crippen molar-refractivity contribution in [3.8, 4) is 0 Å². The van der Waals surface area contributed by atoms with Crippen LogP contribution in [0.5, 0.6) is 0 Å². The monoisotopic (exact) mass is 417 g/mol. The number of aromatic amines is 1. The summed E-state index contributed by atoms with van der Waals surface area (Å²) in [7, 11) is -3.71. The lowest BCUT2D eigenvalue weighted by Gasteiger charge is -2.31. The number of sulfonamides is 1. The highest BCUT2D eigenvalue weighted by Gasteiger charge is 2.33. The van der Waals surface area contributed by atoms with Gasteiger partial charge in [0.25, 0.3) is 5.91 Å². The quantitative estimate of drug-likeness (QED) is 0.689. The summed E-state index contributed by atoms with van der Waals surface area (Å²) < 4.78 is 28.0. The molecule has 0 radical (unpaired) electrons. The molecule has 154 valence electrons. The molecule has 0 bridgehead atoms. The Balaban J connectivity index is 1.60. The van der Waals surface area contributed by atoms with Gasteiger partial charge in [-0.05, 0) is 49.4 Å². The molecule has 1 aromatic carbocycles. The summed E-state index contributed by atoms with van der Waals surface area (Å²) in [6.07, 6.45) is 4.55. The first-order chi connectivity index (χ1) is 13.9. The first-order valence-corrected chi connectivity index (χ1v) is 11.1. The number of primary amides is 1. The highest BCUT2D eigenvalue weighted by molar-refractivity contribution is 7.89. The first kappa shape index (κ1) is 19.6. The first-order valence-electron chi connectivity index (χ1n) is 9.62. The van der Waals surface area contributed by atoms with Crippen LogP contribution in [0.3, 0.4) is 0 Å². The lowest BCUT2D eigenvalue weighted by atomic mass is 9.93. The third kappa shape index (κ3) is 3.77. The van der Waals surface area contributed by atoms with Gasteiger partial charge in [0.1, 0.15) is 0 Å². The highest BCUT2D eigenvalue weighted by Crippen LogP contribution is 2.32. The number of carbonyl (C=O) groups is 2. The molecule has 1 atom stereocenters. The number of anilines is 1. The standard InChI is InChI=1S/C19H23N5O4S/c20-19(26)15-10-21-23-18(15)13-4-2-8-24(11-13)29(27,28)14-6-7-16-12(9-14)3-1-5-17(25)22-16/h6-7,9-10,13H,1-5,8,11H2,(H2,20,26)(H,21,23)(H,22,25). The average molecular weight is 417 g/mol. The molecule has 1 saturated heterocycles. The van der Waals surface area contributed by atoms with Crippen LogP contribution in [0.2, 0.25) is 0 Å². The highest BCUT2D eigenvalue weighted by atomic mass is 32.2. The molecule has 0 spiro atoms. The fourth-order valence-corrected chi connectivity index (χ4v) is 5.64. The van der Waals surface area contributed by atoms with Crippen LogP contribution in [0, 0.1) is 0 Å². The van der Waals surface area contributed by atoms with Crippen molar-refractivity contribution in [1.82, 2.24) is 14.5 Å². The van der Waals surface area contributed by atoms with Gasteiger partial charge in [-0.15, -0.1) is 0 Å². The number of hydrogen-bond acceptors (Lipinski definition) is 5. The van der Waals surface area contributed by atoms with E-state index in [1.807, 2.05) is 0 Å². The van der Waals surface area contributed by atoms with Crippen LogP contribution in [-0.2, 0) is 21.2 Å². The number of aromatic nitrogens is 2. The zero-order valence-electron chi connectivity index (χ0n) is 15.8. The molecule has 10 heteroatoms. The van der Waals surface area contributed by atoms with Crippen LogP contribution >= 0.6 is 0 Å². The average Bonchev–Trinajstić information content (AvgIpc) is 3.12. The van der Waals surface area contributed by atoms with Crippen molar-refractivity contribution in [3.63, 3.8) is 0 Å². The summed E-state index contributed by atoms with van der Waals surface area (Å²) in [5.74, 6) is -0.812. The second kappa shape index (κ2) is 7.60. The molecule has 3 heterocycles. The van der Waals surface area contributed by atoms with Crippen LogP contribution in [-0.4, -0.2) is 47.8 Å². The zero-order chi connectivity index (χ0) is 20.6. The SMILES string of the molecule is NC(=O)c1cn[nH]c1C1CCCN(S(=O)(=O)c2ccc3c(c2)CCCC(=O)N3)C1. The normalized spacial score (nSPS) is 20.6. The molecule has 2 aliphatic rings. The van der Waals surface area contributed by atoms with Gasteiger partial charge < -0.3 is 11.1 Å². The van der Waals surface area contributed by atoms with Gasteiger partial charge in [-0.25, -0.2) is 8.42 Å². The van der Waals surface area contributed by atoms with Crippen LogP contribution in [0.25, 0.3) is 0 Å². The maximum Gasteiger partial charge on any atom is 0.252 e. The summed E-state index contributed by atoms with van der Waals surface area (Å²) in [6.45, 7) is 0.658. The Morgan fingerprint density at radius 1 is 1.24 bits per heavy atom. The van der Waals surface area contributed by atoms with E-state index in [1.54, 1.807) is 12.1 Å². The molecule has 4 N–H and O–H groups in total. The summed E-state index contributed by atoms with van der Waals surface area (Å²) in [4.78, 5) is 23.5. The van der Waals surface area contributed by atoms with Crippen molar-refractivity contribution >= 4 is 27.5 Å². The number of nitrogens with one attached hydrogen (secondary N) is 2. The van der Waals surface area contributed by atoms with E-state index >= 15 is 0 Å². The van der Waals surface area contributed by atoms with E-state index in [2.05, 4.69) is 15.5 Å². The molecular weight excluding hydrogens is 394 g/mol. The minimum Gasteiger partial charge on any atom is -0.365 e. The number of nitrogens with two attached hydrogens (primary N) is 1. The van der Waals surface area contributed by atoms with Crippen molar-refractivity contribution in [2.24, 2.45) is 5.73 Å². The number of hydrogen-bond donors (Lipinski definition) is 3. The molecule has 2 aromatic rings. The summed E-state index contributed by atoms with van der Waals surface area (Å²) in [6, 6.07) is 4.85. The number of aryl methyl sites for hydroxylation is 1. The third-order valence-corrected chi connectivity index (χ3v) is 7.43. The van der Waals surface area contributed by atoms with Gasteiger partial charge in [0.15, 0.2) is 0 Å². The van der Waals surface area contributed by atoms with Crippen molar-refractivity contribution in [2.75, 3.05) is 18.4 Å². The van der Waals surface area contributed by atoms with Gasteiger partial charge in [0.05, 0.1) is 22.3 Å². The van der Waals surface area contributed by atoms with Crippen molar-refractivity contribution in [1.29, 1.82) is 0 Å². The summed E-state index contributed by atoms with van der Waals surface area (Å²) >= 11 is 0. The molecular formula is C19H23N5O4S. The smallest absolute Gasteiger partial charge is 0.252 e. The Labute approximate surface area is 168 Å². The molecule has 2 aliphatic heterocycles. The zero-order valence-corrected chi connectivity index (χ0v) is 16.7. The van der Waals surface area contributed by atoms with Gasteiger partial charge in [-0.2, -0.15) is 9.40 Å². The molecule has 1 fully saturated rings. The van der Waals surface area contributed by atoms with Crippen LogP contribution < -0.4 is 11.1 Å². The van der Waals surface area contributed by atoms with Crippen LogP contribution in [0.1, 0.15) is 53.2 Å². The molecule has 1 aromatic heterocycles. The fraction of sp³-hybridized carbons (Fsp3) is 0.421. The Kier molecular flexibility index (Phi) is 5.13. The van der Waals surface area contributed by atoms with E-state index in [0.29, 0.717) is 49.2 Å². The molecule has 2 amide bonds. The molecule has 1 unspecified atom stereocenters. The van der Waals surface area contributed by atoms with Gasteiger partial charge in [0.2, 0.25) is 15.9 Å². The number of carbonyl (C=O) groups excluding carboxylic acids is 2. The third-order valence-electron chi connectivity index (χ3n) is 5.57. The fourth-order valence-electron chi connectivity index (χ4n) is 4.06. The van der Waals surface area contributed by atoms with Crippen LogP contribution in [0.4, 0.5) is 5.69 Å². The number of amides is 2. The van der Waals surface area contributed by atoms with E-state index in [9.17, 15) is 18.0 Å². The Morgan fingerprint density at radius 2 is 2.07 bits per heavy atom. The summed E-state index contributed by atoms with van der Waals surface area (Å²) in [5, 5.41) is 9.53. The van der Waals surface area contributed by atoms with Crippen molar-refractivity contribution in [2.45, 2.75) is 42.9 Å². The van der Waals surface area contributed by atoms with E-state index in [1.165, 1.54) is 16.6 Å². The maximum absolute atomic E-state index is 13.3. The van der Waals surface area contributed by atoms with E-state index in [4.69, 9.17) is 5.73 Å². The molecule has 9 nitrogen and oxygen atoms in total. The predicted molar refractivity (Wildman–Crippen MR) is 106 cm³/mol. The molecule has 29 heavy (non-hydrogen) atoms. The largest absolute Gasteiger partial charge is 0.365 e. The van der Waals surface area contributed by atoms with E-state index < -0.39 is 15.9 Å². The van der Waals surface area contributed by atoms with Crippen molar-refractivity contribution < 1.29 is 18.0 Å². The lowest BCUT2D eigenvalue weighted by molar-refractivity contribution is -0.116. The minimum atomic E-state index is -3.71. The number of rotatable bonds is 4. The number of nitrogens with zero attached hydrogens (tertiary/aromatic N) is 2. The number of H-pyrrole nitrogens is 1.